The number of nitrogens with zero attached hydrogens (tertiary/aromatic N) is 1. The van der Waals surface area contributed by atoms with E-state index in [1.54, 1.807) is 12.3 Å². The average molecular weight is 152 g/mol. The molecule has 1 aromatic heterocycles. The summed E-state index contributed by atoms with van der Waals surface area (Å²) in [7, 11) is 0. The number of aromatic nitrogens is 1. The summed E-state index contributed by atoms with van der Waals surface area (Å²) in [5, 5.41) is 0. The van der Waals surface area contributed by atoms with E-state index >= 15 is 0 Å². The lowest BCUT2D eigenvalue weighted by molar-refractivity contribution is 0.582. The fraction of sp³-hybridized carbons (Fsp3) is 0.375. The lowest BCUT2D eigenvalue weighted by atomic mass is 10.2. The third-order valence-corrected chi connectivity index (χ3v) is 2.02. The molecule has 0 saturated heterocycles. The van der Waals surface area contributed by atoms with Crippen LogP contribution in [0.15, 0.2) is 18.3 Å². The van der Waals surface area contributed by atoms with E-state index in [2.05, 4.69) is 4.98 Å². The normalized spacial score (nSPS) is 28.5. The maximum atomic E-state index is 12.3. The summed E-state index contributed by atoms with van der Waals surface area (Å²) in [4.78, 5) is 3.55. The van der Waals surface area contributed by atoms with Crippen LogP contribution in [0, 0.1) is 5.95 Å². The molecule has 1 saturated carbocycles. The summed E-state index contributed by atoms with van der Waals surface area (Å²) in [6.07, 6.45) is 2.57. The van der Waals surface area contributed by atoms with Gasteiger partial charge in [-0.25, -0.2) is 4.98 Å². The van der Waals surface area contributed by atoms with Crippen molar-refractivity contribution >= 4 is 0 Å². The monoisotopic (exact) mass is 152 g/mol. The zero-order chi connectivity index (χ0) is 7.84. The smallest absolute Gasteiger partial charge is 0.212 e. The second-order valence-corrected chi connectivity index (χ2v) is 2.92. The van der Waals surface area contributed by atoms with Crippen LogP contribution in [-0.2, 0) is 0 Å². The third kappa shape index (κ3) is 1.24. The van der Waals surface area contributed by atoms with Gasteiger partial charge in [-0.05, 0) is 18.1 Å². The first-order valence-corrected chi connectivity index (χ1v) is 3.64. The maximum Gasteiger partial charge on any atom is 0.212 e. The molecule has 2 nitrogen and oxygen atoms in total. The summed E-state index contributed by atoms with van der Waals surface area (Å²) >= 11 is 0. The van der Waals surface area contributed by atoms with Gasteiger partial charge in [0, 0.05) is 18.2 Å². The van der Waals surface area contributed by atoms with Crippen molar-refractivity contribution in [3.05, 3.63) is 29.8 Å². The first-order valence-electron chi connectivity index (χ1n) is 3.64. The Labute approximate surface area is 64.2 Å². The molecule has 1 heterocycles. The van der Waals surface area contributed by atoms with E-state index < -0.39 is 5.95 Å². The summed E-state index contributed by atoms with van der Waals surface area (Å²) in [5.74, 6) is -0.00827. The van der Waals surface area contributed by atoms with E-state index in [0.717, 1.165) is 12.0 Å². The fourth-order valence-electron chi connectivity index (χ4n) is 1.20. The Morgan fingerprint density at radius 1 is 1.55 bits per heavy atom. The van der Waals surface area contributed by atoms with Gasteiger partial charge in [0.15, 0.2) is 0 Å². The molecule has 0 aliphatic heterocycles. The van der Waals surface area contributed by atoms with Crippen LogP contribution < -0.4 is 5.73 Å². The molecule has 2 N–H and O–H groups in total. The molecule has 2 rings (SSSR count). The topological polar surface area (TPSA) is 38.9 Å². The molecule has 0 amide bonds. The fourth-order valence-corrected chi connectivity index (χ4v) is 1.20. The van der Waals surface area contributed by atoms with Crippen molar-refractivity contribution in [3.63, 3.8) is 0 Å². The van der Waals surface area contributed by atoms with E-state index in [-0.39, 0.29) is 6.04 Å². The molecule has 0 radical (unpaired) electrons. The van der Waals surface area contributed by atoms with Crippen LogP contribution in [0.3, 0.4) is 0 Å². The van der Waals surface area contributed by atoms with Gasteiger partial charge in [-0.1, -0.05) is 6.07 Å². The summed E-state index contributed by atoms with van der Waals surface area (Å²) in [5.41, 5.74) is 6.67. The second kappa shape index (κ2) is 2.27. The van der Waals surface area contributed by atoms with Gasteiger partial charge in [-0.3, -0.25) is 0 Å². The molecule has 0 spiro atoms. The van der Waals surface area contributed by atoms with Crippen molar-refractivity contribution in [2.75, 3.05) is 0 Å². The second-order valence-electron chi connectivity index (χ2n) is 2.92. The van der Waals surface area contributed by atoms with Gasteiger partial charge in [0.1, 0.15) is 0 Å². The Kier molecular flexibility index (Phi) is 1.39. The molecule has 0 unspecified atom stereocenters. The molecular weight excluding hydrogens is 143 g/mol. The van der Waals surface area contributed by atoms with Gasteiger partial charge >= 0.3 is 0 Å². The predicted molar refractivity (Wildman–Crippen MR) is 39.5 cm³/mol. The Bertz CT molecular complexity index is 257. The molecular formula is C8H9FN2. The number of hydrogen-bond donors (Lipinski definition) is 1. The molecule has 0 aromatic carbocycles. The lowest BCUT2D eigenvalue weighted by Gasteiger charge is -1.95. The van der Waals surface area contributed by atoms with Crippen LogP contribution in [0.2, 0.25) is 0 Å². The largest absolute Gasteiger partial charge is 0.327 e. The molecule has 1 aliphatic rings. The van der Waals surface area contributed by atoms with Gasteiger partial charge in [0.25, 0.3) is 0 Å². The SMILES string of the molecule is N[C@@H]1C[C@H]1c1ccc(F)nc1. The van der Waals surface area contributed by atoms with E-state index in [0.29, 0.717) is 5.92 Å². The van der Waals surface area contributed by atoms with Gasteiger partial charge < -0.3 is 5.73 Å². The Morgan fingerprint density at radius 3 is 2.73 bits per heavy atom. The van der Waals surface area contributed by atoms with E-state index in [4.69, 9.17) is 5.73 Å². The van der Waals surface area contributed by atoms with Crippen LogP contribution in [-0.4, -0.2) is 11.0 Å². The maximum absolute atomic E-state index is 12.3. The first kappa shape index (κ1) is 6.73. The predicted octanol–water partition coefficient (Wildman–Crippen LogP) is 1.04. The van der Waals surface area contributed by atoms with Crippen molar-refractivity contribution in [1.29, 1.82) is 0 Å². The highest BCUT2D eigenvalue weighted by Crippen LogP contribution is 2.38. The summed E-state index contributed by atoms with van der Waals surface area (Å²) in [6, 6.07) is 3.39. The van der Waals surface area contributed by atoms with Gasteiger partial charge in [0.2, 0.25) is 5.95 Å². The van der Waals surface area contributed by atoms with Gasteiger partial charge in [-0.15, -0.1) is 0 Å². The quantitative estimate of drug-likeness (QED) is 0.610. The zero-order valence-electron chi connectivity index (χ0n) is 6.00. The van der Waals surface area contributed by atoms with Crippen LogP contribution in [0.4, 0.5) is 4.39 Å². The Hall–Kier alpha value is -0.960. The Balaban J connectivity index is 2.21. The van der Waals surface area contributed by atoms with Crippen LogP contribution >= 0.6 is 0 Å². The molecule has 58 valence electrons. The number of pyridine rings is 1. The number of hydrogen-bond acceptors (Lipinski definition) is 2. The van der Waals surface area contributed by atoms with E-state index in [1.807, 2.05) is 0 Å². The van der Waals surface area contributed by atoms with Gasteiger partial charge in [-0.2, -0.15) is 4.39 Å². The third-order valence-electron chi connectivity index (χ3n) is 2.02. The van der Waals surface area contributed by atoms with Crippen molar-refractivity contribution in [2.24, 2.45) is 5.73 Å². The first-order chi connectivity index (χ1) is 5.27. The molecule has 0 bridgehead atoms. The molecule has 11 heavy (non-hydrogen) atoms. The highest BCUT2D eigenvalue weighted by atomic mass is 19.1. The van der Waals surface area contributed by atoms with Crippen LogP contribution in [0.25, 0.3) is 0 Å². The molecule has 3 heteroatoms. The average Bonchev–Trinajstić information content (AvgIpc) is 2.69. The highest BCUT2D eigenvalue weighted by Gasteiger charge is 2.34. The minimum absolute atomic E-state index is 0.266. The number of halogens is 1. The summed E-state index contributed by atoms with van der Waals surface area (Å²) < 4.78 is 12.3. The summed E-state index contributed by atoms with van der Waals surface area (Å²) in [6.45, 7) is 0. The molecule has 1 fully saturated rings. The number of nitrogens with two attached hydrogens (primary N) is 1. The minimum Gasteiger partial charge on any atom is -0.327 e. The Morgan fingerprint density at radius 2 is 2.27 bits per heavy atom. The number of rotatable bonds is 1. The van der Waals surface area contributed by atoms with Crippen LogP contribution in [0.5, 0.6) is 0 Å². The minimum atomic E-state index is -0.428. The lowest BCUT2D eigenvalue weighted by Crippen LogP contribution is -2.01. The molecule has 1 aliphatic carbocycles. The zero-order valence-corrected chi connectivity index (χ0v) is 6.00. The van der Waals surface area contributed by atoms with Gasteiger partial charge in [0.05, 0.1) is 0 Å². The van der Waals surface area contributed by atoms with Crippen LogP contribution in [0.1, 0.15) is 17.9 Å². The standard InChI is InChI=1S/C8H9FN2/c9-8-2-1-5(4-11-8)6-3-7(6)10/h1-2,4,6-7H,3,10H2/t6-,7+/m0/s1. The molecule has 1 aromatic rings. The van der Waals surface area contributed by atoms with Crippen molar-refractivity contribution < 1.29 is 4.39 Å². The highest BCUT2D eigenvalue weighted by molar-refractivity contribution is 5.24. The van der Waals surface area contributed by atoms with Crippen molar-refractivity contribution in [3.8, 4) is 0 Å². The van der Waals surface area contributed by atoms with Crippen molar-refractivity contribution in [1.82, 2.24) is 4.98 Å². The van der Waals surface area contributed by atoms with E-state index in [1.165, 1.54) is 6.07 Å². The van der Waals surface area contributed by atoms with Crippen molar-refractivity contribution in [2.45, 2.75) is 18.4 Å². The molecule has 2 atom stereocenters. The van der Waals surface area contributed by atoms with E-state index in [9.17, 15) is 4.39 Å².